The summed E-state index contributed by atoms with van der Waals surface area (Å²) in [4.78, 5) is 0. The lowest BCUT2D eigenvalue weighted by Crippen LogP contribution is -2.54. The van der Waals surface area contributed by atoms with Crippen LogP contribution < -0.4 is 0 Å². The number of ether oxygens (including phenoxy) is 2. The molecule has 0 amide bonds. The lowest BCUT2D eigenvalue weighted by molar-refractivity contribution is -0.288. The van der Waals surface area contributed by atoms with Gasteiger partial charge in [-0.05, 0) is 72.9 Å². The summed E-state index contributed by atoms with van der Waals surface area (Å²) >= 11 is 0. The molecule has 0 spiro atoms. The summed E-state index contributed by atoms with van der Waals surface area (Å²) in [6, 6.07) is 4.70. The van der Waals surface area contributed by atoms with Gasteiger partial charge in [0, 0.05) is 68.0 Å². The van der Waals surface area contributed by atoms with Gasteiger partial charge in [0.05, 0.1) is 25.4 Å². The Morgan fingerprint density at radius 3 is 1.18 bits per heavy atom. The van der Waals surface area contributed by atoms with Crippen LogP contribution in [0.5, 0.6) is 11.5 Å². The van der Waals surface area contributed by atoms with Crippen molar-refractivity contribution in [1.29, 1.82) is 0 Å². The molecule has 2 aromatic rings. The summed E-state index contributed by atoms with van der Waals surface area (Å²) in [6.45, 7) is -0.00282. The van der Waals surface area contributed by atoms with Crippen LogP contribution in [0.25, 0.3) is 0 Å². The molecule has 316 valence electrons. The van der Waals surface area contributed by atoms with Crippen molar-refractivity contribution in [2.45, 2.75) is 80.6 Å². The summed E-state index contributed by atoms with van der Waals surface area (Å²) in [5.41, 5.74) is -7.54. The van der Waals surface area contributed by atoms with Gasteiger partial charge in [-0.1, -0.05) is 24.3 Å². The van der Waals surface area contributed by atoms with E-state index in [0.717, 1.165) is 12.1 Å². The Bertz CT molecular complexity index is 1310. The lowest BCUT2D eigenvalue weighted by Gasteiger charge is -2.39. The molecule has 0 heterocycles. The van der Waals surface area contributed by atoms with Gasteiger partial charge in [-0.15, -0.1) is 0 Å². The third kappa shape index (κ3) is 12.8. The predicted octanol–water partition coefficient (Wildman–Crippen LogP) is 5.67. The fourth-order valence-electron chi connectivity index (χ4n) is 6.16. The first kappa shape index (κ1) is 48.8. The smallest absolute Gasteiger partial charge is 0.500 e. The van der Waals surface area contributed by atoms with Crippen LogP contribution >= 0.6 is 0 Å². The van der Waals surface area contributed by atoms with E-state index in [1.54, 1.807) is 0 Å². The highest BCUT2D eigenvalue weighted by Crippen LogP contribution is 2.57. The standard InChI is InChI=1S/C35H54F6O12Si2/c1-46-54(47-2,48-3)19-7-17-52-23-29(42)13-9-25-21-27(11-15-31(25)44)33(34(36,37)38,35(39,40)41)28-12-16-32(45)26(22-28)10-14-30(43)24-53-18-8-20-55(49-4,50-5)51-6/h11-12,15-16,21-22,29-30,42-45H,7-10,13-14,17-20,23-24H2,1-6H3. The van der Waals surface area contributed by atoms with Crippen molar-refractivity contribution in [3.63, 3.8) is 0 Å². The number of phenols is 2. The van der Waals surface area contributed by atoms with Gasteiger partial charge >= 0.3 is 30.0 Å². The molecule has 0 saturated carbocycles. The van der Waals surface area contributed by atoms with Gasteiger partial charge in [-0.25, -0.2) is 0 Å². The highest BCUT2D eigenvalue weighted by molar-refractivity contribution is 6.60. The van der Waals surface area contributed by atoms with Gasteiger partial charge in [0.15, 0.2) is 0 Å². The molecule has 0 aromatic heterocycles. The average Bonchev–Trinajstić information content (AvgIpc) is 3.14. The molecule has 20 heteroatoms. The van der Waals surface area contributed by atoms with E-state index in [1.165, 1.54) is 42.7 Å². The summed E-state index contributed by atoms with van der Waals surface area (Å²) in [7, 11) is 3.09. The summed E-state index contributed by atoms with van der Waals surface area (Å²) in [5, 5.41) is 41.8. The Balaban J connectivity index is 2.23. The molecule has 0 aliphatic rings. The molecule has 0 fully saturated rings. The SMILES string of the molecule is CO[Si](CCCOCC(O)CCc1cc(C(c2ccc(O)c(CCC(O)COCCC[Si](OC)(OC)OC)c2)(C(F)(F)F)C(F)(F)F)ccc1O)(OC)OC. The highest BCUT2D eigenvalue weighted by atomic mass is 28.4. The number of benzene rings is 2. The molecule has 4 N–H and O–H groups in total. The highest BCUT2D eigenvalue weighted by Gasteiger charge is 2.72. The molecule has 55 heavy (non-hydrogen) atoms. The fraction of sp³-hybridized carbons (Fsp3) is 0.657. The quantitative estimate of drug-likeness (QED) is 0.0525. The molecule has 0 radical (unpaired) electrons. The second-order valence-corrected chi connectivity index (χ2v) is 18.9. The molecule has 2 rings (SSSR count). The van der Waals surface area contributed by atoms with E-state index in [1.807, 2.05) is 0 Å². The Morgan fingerprint density at radius 1 is 0.564 bits per heavy atom. The van der Waals surface area contributed by atoms with Crippen LogP contribution in [0.15, 0.2) is 36.4 Å². The topological polar surface area (TPSA) is 155 Å². The number of phenolic OH excluding ortho intramolecular Hbond substituents is 2. The van der Waals surface area contributed by atoms with E-state index >= 15 is 26.3 Å². The Kier molecular flexibility index (Phi) is 19.5. The first-order valence-corrected chi connectivity index (χ1v) is 21.3. The number of hydrogen-bond donors (Lipinski definition) is 4. The van der Waals surface area contributed by atoms with E-state index < -0.39 is 70.2 Å². The van der Waals surface area contributed by atoms with Gasteiger partial charge < -0.3 is 56.5 Å². The third-order valence-electron chi connectivity index (χ3n) is 9.40. The molecule has 0 bridgehead atoms. The summed E-state index contributed by atoms with van der Waals surface area (Å²) in [5.74, 6) is -1.12. The molecule has 2 atom stereocenters. The van der Waals surface area contributed by atoms with Gasteiger partial charge in [0.2, 0.25) is 5.41 Å². The molecule has 0 aliphatic heterocycles. The molecule has 2 aromatic carbocycles. The first-order chi connectivity index (χ1) is 25.8. The van der Waals surface area contributed by atoms with Crippen LogP contribution in [0.1, 0.15) is 47.9 Å². The van der Waals surface area contributed by atoms with Gasteiger partial charge in [-0.3, -0.25) is 0 Å². The molecule has 0 saturated heterocycles. The van der Waals surface area contributed by atoms with Crippen LogP contribution in [0, 0.1) is 0 Å². The van der Waals surface area contributed by atoms with Crippen molar-refractivity contribution >= 4 is 17.6 Å². The first-order valence-electron chi connectivity index (χ1n) is 17.4. The number of rotatable bonds is 26. The third-order valence-corrected chi connectivity index (χ3v) is 15.1. The van der Waals surface area contributed by atoms with Crippen molar-refractivity contribution in [1.82, 2.24) is 0 Å². The minimum Gasteiger partial charge on any atom is -0.508 e. The van der Waals surface area contributed by atoms with Gasteiger partial charge in [0.1, 0.15) is 11.5 Å². The zero-order valence-electron chi connectivity index (χ0n) is 31.9. The maximum Gasteiger partial charge on any atom is 0.500 e. The lowest BCUT2D eigenvalue weighted by atomic mass is 9.71. The van der Waals surface area contributed by atoms with Crippen molar-refractivity contribution < 1.29 is 82.8 Å². The van der Waals surface area contributed by atoms with E-state index in [0.29, 0.717) is 49.2 Å². The molecular weight excluding hydrogens is 783 g/mol. The molecule has 2 unspecified atom stereocenters. The zero-order valence-corrected chi connectivity index (χ0v) is 33.9. The largest absolute Gasteiger partial charge is 0.508 e. The van der Waals surface area contributed by atoms with Crippen molar-refractivity contribution in [3.8, 4) is 11.5 Å². The predicted molar refractivity (Wildman–Crippen MR) is 192 cm³/mol. The number of aryl methyl sites for hydroxylation is 2. The van der Waals surface area contributed by atoms with Crippen molar-refractivity contribution in [2.24, 2.45) is 0 Å². The number of aliphatic hydroxyl groups excluding tert-OH is 2. The van der Waals surface area contributed by atoms with E-state index in [4.69, 9.17) is 36.0 Å². The maximum absolute atomic E-state index is 15.0. The van der Waals surface area contributed by atoms with Crippen molar-refractivity contribution in [3.05, 3.63) is 58.7 Å². The normalized spacial score (nSPS) is 14.4. The monoisotopic (exact) mass is 836 g/mol. The fourth-order valence-corrected chi connectivity index (χ4v) is 9.54. The van der Waals surface area contributed by atoms with Crippen LogP contribution in [0.4, 0.5) is 26.3 Å². The number of hydrogen-bond acceptors (Lipinski definition) is 12. The number of aromatic hydroxyl groups is 2. The van der Waals surface area contributed by atoms with E-state index in [-0.39, 0.29) is 63.2 Å². The second-order valence-electron chi connectivity index (χ2n) is 12.8. The number of alkyl halides is 6. The molecular formula is C35H54F6O12Si2. The zero-order chi connectivity index (χ0) is 41.5. The molecule has 0 aliphatic carbocycles. The van der Waals surface area contributed by atoms with Crippen LogP contribution in [-0.2, 0) is 54.3 Å². The van der Waals surface area contributed by atoms with Crippen LogP contribution in [0.2, 0.25) is 12.1 Å². The van der Waals surface area contributed by atoms with Gasteiger partial charge in [0.25, 0.3) is 0 Å². The van der Waals surface area contributed by atoms with Crippen LogP contribution in [0.3, 0.4) is 0 Å². The number of halogens is 6. The Hall–Kier alpha value is -2.35. The number of aliphatic hydroxyl groups is 2. The van der Waals surface area contributed by atoms with E-state index in [9.17, 15) is 20.4 Å². The Labute approximate surface area is 319 Å². The second kappa shape index (κ2) is 22.0. The average molecular weight is 837 g/mol. The summed E-state index contributed by atoms with van der Waals surface area (Å²) in [6.07, 6.45) is -14.1. The van der Waals surface area contributed by atoms with Crippen molar-refractivity contribution in [2.75, 3.05) is 69.1 Å². The maximum atomic E-state index is 15.0. The minimum absolute atomic E-state index is 0.152. The van der Waals surface area contributed by atoms with Crippen LogP contribution in [-0.4, -0.2) is 132 Å². The van der Waals surface area contributed by atoms with Gasteiger partial charge in [-0.2, -0.15) is 26.3 Å². The molecule has 12 nitrogen and oxygen atoms in total. The Morgan fingerprint density at radius 2 is 0.891 bits per heavy atom. The summed E-state index contributed by atoms with van der Waals surface area (Å²) < 4.78 is 133. The van der Waals surface area contributed by atoms with E-state index in [2.05, 4.69) is 0 Å². The minimum atomic E-state index is -5.95.